The van der Waals surface area contributed by atoms with Crippen LogP contribution in [0.4, 0.5) is 0 Å². The molecule has 1 N–H and O–H groups in total. The minimum atomic E-state index is -1.13. The van der Waals surface area contributed by atoms with Crippen LogP contribution in [0.25, 0.3) is 0 Å². The molecular formula is C19H30O9. The molecule has 0 radical (unpaired) electrons. The van der Waals surface area contributed by atoms with Gasteiger partial charge in [-0.15, -0.1) is 6.58 Å². The Balaban J connectivity index is 5.84. The fourth-order valence-corrected chi connectivity index (χ4v) is 2.23. The molecule has 9 heteroatoms. The van der Waals surface area contributed by atoms with Gasteiger partial charge in [0, 0.05) is 34.5 Å². The maximum Gasteiger partial charge on any atom is 0.303 e. The number of aliphatic hydroxyl groups excluding tert-OH is 1. The van der Waals surface area contributed by atoms with Crippen molar-refractivity contribution in [3.05, 3.63) is 12.7 Å². The maximum atomic E-state index is 11.6. The minimum absolute atomic E-state index is 0.136. The van der Waals surface area contributed by atoms with Gasteiger partial charge in [0.25, 0.3) is 0 Å². The third-order valence-corrected chi connectivity index (χ3v) is 3.27. The number of aliphatic hydroxyl groups is 1. The van der Waals surface area contributed by atoms with Gasteiger partial charge in [0.2, 0.25) is 0 Å². The van der Waals surface area contributed by atoms with Crippen LogP contribution in [-0.2, 0) is 38.0 Å². The highest BCUT2D eigenvalue weighted by molar-refractivity contribution is 5.67. The Labute approximate surface area is 165 Å². The lowest BCUT2D eigenvalue weighted by Crippen LogP contribution is -2.49. The van der Waals surface area contributed by atoms with Crippen molar-refractivity contribution in [1.82, 2.24) is 0 Å². The molecule has 9 nitrogen and oxygen atoms in total. The summed E-state index contributed by atoms with van der Waals surface area (Å²) in [6, 6.07) is 0. The van der Waals surface area contributed by atoms with E-state index in [9.17, 15) is 14.7 Å². The molecular weight excluding hydrogens is 372 g/mol. The Morgan fingerprint density at radius 1 is 1.00 bits per heavy atom. The minimum Gasteiger partial charge on any atom is -0.460 e. The number of carbonyl (C=O) groups is 2. The normalized spacial score (nSPS) is 15.9. The third-order valence-electron chi connectivity index (χ3n) is 3.27. The van der Waals surface area contributed by atoms with Crippen molar-refractivity contribution in [1.29, 1.82) is 0 Å². The molecule has 0 aliphatic rings. The van der Waals surface area contributed by atoms with E-state index in [1.807, 2.05) is 0 Å². The number of carbonyl (C=O) groups excluding carboxylic acids is 2. The highest BCUT2D eigenvalue weighted by Gasteiger charge is 2.38. The van der Waals surface area contributed by atoms with Gasteiger partial charge in [0.1, 0.15) is 38.0 Å². The van der Waals surface area contributed by atoms with Crippen molar-refractivity contribution in [2.45, 2.75) is 57.7 Å². The summed E-state index contributed by atoms with van der Waals surface area (Å²) in [5.41, 5.74) is 0. The number of ether oxygens (including phenoxy) is 6. The highest BCUT2D eigenvalue weighted by Crippen LogP contribution is 2.18. The molecule has 0 aromatic heterocycles. The van der Waals surface area contributed by atoms with Gasteiger partial charge in [-0.05, 0) is 6.92 Å². The molecule has 160 valence electrons. The second-order valence-corrected chi connectivity index (χ2v) is 5.75. The number of rotatable bonds is 13. The van der Waals surface area contributed by atoms with Crippen molar-refractivity contribution in [3.63, 3.8) is 0 Å². The molecule has 0 aliphatic carbocycles. The summed E-state index contributed by atoms with van der Waals surface area (Å²) in [4.78, 5) is 23.0. The quantitative estimate of drug-likeness (QED) is 0.207. The Morgan fingerprint density at radius 2 is 1.54 bits per heavy atom. The molecule has 0 saturated carbocycles. The second kappa shape index (κ2) is 15.0. The molecule has 0 spiro atoms. The van der Waals surface area contributed by atoms with Gasteiger partial charge in [-0.3, -0.25) is 9.59 Å². The van der Waals surface area contributed by atoms with Crippen molar-refractivity contribution in [2.75, 3.05) is 27.8 Å². The van der Waals surface area contributed by atoms with Crippen LogP contribution < -0.4 is 0 Å². The van der Waals surface area contributed by atoms with Crippen LogP contribution >= 0.6 is 0 Å². The van der Waals surface area contributed by atoms with E-state index in [0.717, 1.165) is 0 Å². The van der Waals surface area contributed by atoms with Crippen LogP contribution in [0.2, 0.25) is 0 Å². The van der Waals surface area contributed by atoms with Gasteiger partial charge >= 0.3 is 11.9 Å². The standard InChI is InChI=1S/C19H30O9/c1-7-8-16(22)9-10-17(28-15(4)21)19(26-12-24-6)18(25-11-23-5)13(2)27-14(3)20/h7,13,16-19,22H,1,8,11-12H2,2-6H3/t13-,16+,17+,18-,19+/m0/s1. The Bertz CT molecular complexity index is 537. The largest absolute Gasteiger partial charge is 0.460 e. The van der Waals surface area contributed by atoms with Crippen LogP contribution in [0.5, 0.6) is 0 Å². The van der Waals surface area contributed by atoms with E-state index >= 15 is 0 Å². The Morgan fingerprint density at radius 3 is 2.00 bits per heavy atom. The molecule has 0 aromatic rings. The molecule has 0 bridgehead atoms. The summed E-state index contributed by atoms with van der Waals surface area (Å²) < 4.78 is 31.6. The first-order chi connectivity index (χ1) is 13.3. The predicted molar refractivity (Wildman–Crippen MR) is 98.9 cm³/mol. The van der Waals surface area contributed by atoms with E-state index in [1.165, 1.54) is 34.1 Å². The lowest BCUT2D eigenvalue weighted by molar-refractivity contribution is -0.212. The highest BCUT2D eigenvalue weighted by atomic mass is 16.7. The molecule has 0 aromatic carbocycles. The van der Waals surface area contributed by atoms with Gasteiger partial charge < -0.3 is 33.5 Å². The van der Waals surface area contributed by atoms with E-state index in [0.29, 0.717) is 0 Å². The third kappa shape index (κ3) is 11.0. The van der Waals surface area contributed by atoms with E-state index in [4.69, 9.17) is 28.4 Å². The average Bonchev–Trinajstić information content (AvgIpc) is 2.60. The van der Waals surface area contributed by atoms with Crippen molar-refractivity contribution in [3.8, 4) is 11.8 Å². The molecule has 28 heavy (non-hydrogen) atoms. The monoisotopic (exact) mass is 402 g/mol. The Hall–Kier alpha value is -1.96. The fourth-order valence-electron chi connectivity index (χ4n) is 2.23. The summed E-state index contributed by atoms with van der Waals surface area (Å²) in [5.74, 6) is 4.11. The smallest absolute Gasteiger partial charge is 0.303 e. The van der Waals surface area contributed by atoms with Crippen LogP contribution in [0.15, 0.2) is 12.7 Å². The van der Waals surface area contributed by atoms with Gasteiger partial charge in [-0.25, -0.2) is 0 Å². The number of hydrogen-bond donors (Lipinski definition) is 1. The van der Waals surface area contributed by atoms with E-state index in [1.54, 1.807) is 6.92 Å². The summed E-state index contributed by atoms with van der Waals surface area (Å²) in [6.07, 6.45) is -3.09. The summed E-state index contributed by atoms with van der Waals surface area (Å²) in [5, 5.41) is 9.83. The van der Waals surface area contributed by atoms with Gasteiger partial charge in [-0.1, -0.05) is 17.9 Å². The molecule has 0 amide bonds. The first-order valence-electron chi connectivity index (χ1n) is 8.62. The predicted octanol–water partition coefficient (Wildman–Crippen LogP) is 0.788. The molecule has 0 heterocycles. The molecule has 0 saturated heterocycles. The molecule has 0 unspecified atom stereocenters. The van der Waals surface area contributed by atoms with Crippen LogP contribution in [0.3, 0.4) is 0 Å². The van der Waals surface area contributed by atoms with Crippen molar-refractivity contribution in [2.24, 2.45) is 0 Å². The molecule has 0 fully saturated rings. The van der Waals surface area contributed by atoms with E-state index < -0.39 is 42.5 Å². The summed E-state index contributed by atoms with van der Waals surface area (Å²) in [7, 11) is 2.84. The second-order valence-electron chi connectivity index (χ2n) is 5.75. The maximum absolute atomic E-state index is 11.6. The molecule has 0 rings (SSSR count). The zero-order chi connectivity index (χ0) is 21.5. The number of methoxy groups -OCH3 is 2. The lowest BCUT2D eigenvalue weighted by Gasteiger charge is -2.33. The van der Waals surface area contributed by atoms with Gasteiger partial charge in [-0.2, -0.15) is 0 Å². The summed E-state index contributed by atoms with van der Waals surface area (Å²) in [6.45, 7) is 7.28. The fraction of sp³-hybridized carbons (Fsp3) is 0.684. The van der Waals surface area contributed by atoms with Crippen LogP contribution in [0.1, 0.15) is 27.2 Å². The van der Waals surface area contributed by atoms with Crippen molar-refractivity contribution >= 4 is 11.9 Å². The zero-order valence-electron chi connectivity index (χ0n) is 17.0. The van der Waals surface area contributed by atoms with Crippen molar-refractivity contribution < 1.29 is 43.1 Å². The number of esters is 2. The average molecular weight is 402 g/mol. The summed E-state index contributed by atoms with van der Waals surface area (Å²) >= 11 is 0. The topological polar surface area (TPSA) is 110 Å². The Kier molecular flexibility index (Phi) is 14.0. The van der Waals surface area contributed by atoms with E-state index in [-0.39, 0.29) is 20.0 Å². The number of hydrogen-bond acceptors (Lipinski definition) is 9. The SMILES string of the molecule is C=CC[C@@H](O)C#C[C@@H](OC(C)=O)[C@@H](OCOC)[C@@H](OCOC)[C@H](C)OC(C)=O. The first-order valence-corrected chi connectivity index (χ1v) is 8.62. The molecule has 0 aliphatic heterocycles. The molecule has 5 atom stereocenters. The van der Waals surface area contributed by atoms with Crippen LogP contribution in [0, 0.1) is 11.8 Å². The van der Waals surface area contributed by atoms with Crippen LogP contribution in [-0.4, -0.2) is 75.4 Å². The van der Waals surface area contributed by atoms with E-state index in [2.05, 4.69) is 18.4 Å². The zero-order valence-corrected chi connectivity index (χ0v) is 17.0. The lowest BCUT2D eigenvalue weighted by atomic mass is 10.0. The first kappa shape index (κ1) is 26.0. The van der Waals surface area contributed by atoms with Gasteiger partial charge in [0.05, 0.1) is 0 Å². The van der Waals surface area contributed by atoms with Gasteiger partial charge in [0.15, 0.2) is 6.10 Å².